The van der Waals surface area contributed by atoms with Crippen LogP contribution < -0.4 is 9.04 Å². The van der Waals surface area contributed by atoms with Gasteiger partial charge in [0.2, 0.25) is 5.28 Å². The number of carbonyl (C=O) groups is 1. The SMILES string of the molecule is CC(C)(C)OC(=O)N=S(C)(=O)Cc1cc(N(CCCCOc2cc(F)ccc2-c2nc(Cl)ncc2F)S(=O)(=O)c2ccccc2[N+](=O)[O-])cc([N+](=O)[O-])c1. The van der Waals surface area contributed by atoms with Gasteiger partial charge in [-0.2, -0.15) is 0 Å². The summed E-state index contributed by atoms with van der Waals surface area (Å²) in [7, 11) is -8.27. The number of sulfonamides is 1. The molecule has 16 nitrogen and oxygen atoms in total. The highest BCUT2D eigenvalue weighted by Gasteiger charge is 2.33. The van der Waals surface area contributed by atoms with Crippen molar-refractivity contribution in [3.63, 3.8) is 0 Å². The number of ether oxygens (including phenoxy) is 2. The largest absolute Gasteiger partial charge is 0.493 e. The summed E-state index contributed by atoms with van der Waals surface area (Å²) < 4.78 is 85.6. The summed E-state index contributed by atoms with van der Waals surface area (Å²) in [6, 6.07) is 10.9. The lowest BCUT2D eigenvalue weighted by Gasteiger charge is -2.25. The summed E-state index contributed by atoms with van der Waals surface area (Å²) in [5.74, 6) is -2.23. The molecule has 3 aromatic carbocycles. The number of amides is 1. The van der Waals surface area contributed by atoms with Crippen LogP contribution in [-0.2, 0) is 30.2 Å². The molecular formula is C33H33ClF2N6O10S2. The lowest BCUT2D eigenvalue weighted by atomic mass is 10.1. The van der Waals surface area contributed by atoms with Gasteiger partial charge >= 0.3 is 6.09 Å². The van der Waals surface area contributed by atoms with Crippen LogP contribution in [-0.4, -0.2) is 63.5 Å². The Labute approximate surface area is 313 Å². The van der Waals surface area contributed by atoms with E-state index in [-0.39, 0.29) is 53.0 Å². The summed E-state index contributed by atoms with van der Waals surface area (Å²) in [5.41, 5.74) is -2.90. The van der Waals surface area contributed by atoms with E-state index < -0.39 is 81.5 Å². The molecule has 4 rings (SSSR count). The zero-order valence-corrected chi connectivity index (χ0v) is 31.5. The van der Waals surface area contributed by atoms with Crippen LogP contribution in [0.3, 0.4) is 0 Å². The first-order valence-electron chi connectivity index (χ1n) is 15.7. The molecule has 0 aliphatic carbocycles. The molecular weight excluding hydrogens is 778 g/mol. The van der Waals surface area contributed by atoms with Crippen molar-refractivity contribution in [2.45, 2.75) is 49.9 Å². The molecule has 1 aromatic heterocycles. The average Bonchev–Trinajstić information content (AvgIpc) is 3.05. The number of non-ortho nitro benzene ring substituents is 1. The molecule has 0 N–H and O–H groups in total. The smallest absolute Gasteiger partial charge is 0.442 e. The van der Waals surface area contributed by atoms with Crippen LogP contribution in [0.25, 0.3) is 11.3 Å². The van der Waals surface area contributed by atoms with Gasteiger partial charge < -0.3 is 9.47 Å². The highest BCUT2D eigenvalue weighted by Crippen LogP contribution is 2.34. The molecule has 1 heterocycles. The van der Waals surface area contributed by atoms with Crippen LogP contribution >= 0.6 is 11.6 Å². The monoisotopic (exact) mass is 810 g/mol. The second kappa shape index (κ2) is 16.8. The zero-order valence-electron chi connectivity index (χ0n) is 29.1. The zero-order chi connectivity index (χ0) is 40.0. The van der Waals surface area contributed by atoms with E-state index in [0.29, 0.717) is 0 Å². The van der Waals surface area contributed by atoms with E-state index in [1.807, 2.05) is 0 Å². The summed E-state index contributed by atoms with van der Waals surface area (Å²) in [6.45, 7) is 4.10. The number of hydrogen-bond donors (Lipinski definition) is 0. The first-order valence-corrected chi connectivity index (χ1v) is 19.7. The molecule has 4 aromatic rings. The van der Waals surface area contributed by atoms with Crippen molar-refractivity contribution in [1.82, 2.24) is 9.97 Å². The van der Waals surface area contributed by atoms with Crippen LogP contribution in [0.15, 0.2) is 76.1 Å². The fourth-order valence-electron chi connectivity index (χ4n) is 4.99. The number of halogens is 3. The number of para-hydroxylation sites is 1. The third-order valence-corrected chi connectivity index (χ3v) is 10.6. The number of benzene rings is 3. The van der Waals surface area contributed by atoms with Gasteiger partial charge in [0.1, 0.15) is 22.9 Å². The normalized spacial score (nSPS) is 12.7. The van der Waals surface area contributed by atoms with Crippen molar-refractivity contribution in [1.29, 1.82) is 0 Å². The molecule has 1 amide bonds. The fraction of sp³-hybridized carbons (Fsp3) is 0.303. The Morgan fingerprint density at radius 3 is 2.37 bits per heavy atom. The molecule has 288 valence electrons. The van der Waals surface area contributed by atoms with Gasteiger partial charge in [0.05, 0.1) is 43.8 Å². The molecule has 0 fully saturated rings. The number of unbranched alkanes of at least 4 members (excludes halogenated alkanes) is 1. The Morgan fingerprint density at radius 2 is 1.70 bits per heavy atom. The molecule has 1 atom stereocenters. The number of nitro benzene ring substituents is 2. The molecule has 0 radical (unpaired) electrons. The molecule has 54 heavy (non-hydrogen) atoms. The Balaban J connectivity index is 1.69. The molecule has 0 saturated carbocycles. The number of aromatic nitrogens is 2. The van der Waals surface area contributed by atoms with Gasteiger partial charge in [-0.05, 0) is 75.0 Å². The highest BCUT2D eigenvalue weighted by molar-refractivity contribution is 7.93. The lowest BCUT2D eigenvalue weighted by molar-refractivity contribution is -0.387. The minimum atomic E-state index is -4.83. The fourth-order valence-corrected chi connectivity index (χ4v) is 7.97. The molecule has 0 aliphatic rings. The van der Waals surface area contributed by atoms with E-state index in [0.717, 1.165) is 53.2 Å². The van der Waals surface area contributed by atoms with Gasteiger partial charge in [0.25, 0.3) is 21.4 Å². The van der Waals surface area contributed by atoms with Crippen LogP contribution in [0, 0.1) is 31.9 Å². The van der Waals surface area contributed by atoms with Gasteiger partial charge in [0, 0.05) is 42.6 Å². The van der Waals surface area contributed by atoms with Crippen molar-refractivity contribution < 1.29 is 45.5 Å². The van der Waals surface area contributed by atoms with Crippen LogP contribution in [0.5, 0.6) is 5.75 Å². The van der Waals surface area contributed by atoms with E-state index >= 15 is 0 Å². The Morgan fingerprint density at radius 1 is 1.00 bits per heavy atom. The standard InChI is InChI=1S/C33H33ClF2N6O10S2/c1-33(2,3)52-32(43)39-53(4,48)20-21-15-23(18-24(16-21)41(44)45)40(54(49,50)29-10-6-5-9-27(29)42(46)47)13-7-8-14-51-28-17-22(35)11-12-25(28)30-26(36)19-37-31(34)38-30/h5-6,9-12,15-19H,7-8,13-14,20H2,1-4H3. The number of rotatable bonds is 14. The maximum Gasteiger partial charge on any atom is 0.442 e. The van der Waals surface area contributed by atoms with Crippen molar-refractivity contribution in [2.24, 2.45) is 4.36 Å². The number of nitrogens with zero attached hydrogens (tertiary/aromatic N) is 6. The predicted octanol–water partition coefficient (Wildman–Crippen LogP) is 7.48. The lowest BCUT2D eigenvalue weighted by Crippen LogP contribution is -2.33. The van der Waals surface area contributed by atoms with Crippen molar-refractivity contribution in [3.05, 3.63) is 110 Å². The molecule has 0 aliphatic heterocycles. The van der Waals surface area contributed by atoms with E-state index in [2.05, 4.69) is 14.3 Å². The number of nitro groups is 2. The first-order chi connectivity index (χ1) is 25.2. The molecule has 1 unspecified atom stereocenters. The second-order valence-corrected chi connectivity index (χ2v) is 17.2. The molecule has 21 heteroatoms. The van der Waals surface area contributed by atoms with Crippen LogP contribution in [0.1, 0.15) is 39.2 Å². The van der Waals surface area contributed by atoms with E-state index in [1.165, 1.54) is 24.3 Å². The summed E-state index contributed by atoms with van der Waals surface area (Å²) in [5, 5.41) is 23.6. The van der Waals surface area contributed by atoms with Gasteiger partial charge in [-0.25, -0.2) is 36.2 Å². The second-order valence-electron chi connectivity index (χ2n) is 12.6. The van der Waals surface area contributed by atoms with Gasteiger partial charge in [0.15, 0.2) is 10.7 Å². The summed E-state index contributed by atoms with van der Waals surface area (Å²) in [6.07, 6.45) is 0.840. The van der Waals surface area contributed by atoms with Gasteiger partial charge in [-0.15, -0.1) is 4.36 Å². The third kappa shape index (κ3) is 10.9. The topological polar surface area (TPSA) is 214 Å². The highest BCUT2D eigenvalue weighted by atomic mass is 35.5. The Hall–Kier alpha value is -5.34. The van der Waals surface area contributed by atoms with Crippen molar-refractivity contribution >= 4 is 54.5 Å². The minimum Gasteiger partial charge on any atom is -0.493 e. The van der Waals surface area contributed by atoms with Crippen molar-refractivity contribution in [3.8, 4) is 17.0 Å². The minimum absolute atomic E-state index is 0.0330. The van der Waals surface area contributed by atoms with Crippen LogP contribution in [0.2, 0.25) is 5.28 Å². The van der Waals surface area contributed by atoms with E-state index in [1.54, 1.807) is 20.8 Å². The summed E-state index contributed by atoms with van der Waals surface area (Å²) in [4.78, 5) is 41.2. The Bertz CT molecular complexity index is 2330. The van der Waals surface area contributed by atoms with Gasteiger partial charge in [-0.1, -0.05) is 12.1 Å². The quantitative estimate of drug-likeness (QED) is 0.0524. The maximum absolute atomic E-state index is 14.5. The van der Waals surface area contributed by atoms with Gasteiger partial charge in [-0.3, -0.25) is 24.5 Å². The van der Waals surface area contributed by atoms with E-state index in [9.17, 15) is 46.4 Å². The average molecular weight is 811 g/mol. The number of anilines is 1. The predicted molar refractivity (Wildman–Crippen MR) is 194 cm³/mol. The van der Waals surface area contributed by atoms with E-state index in [4.69, 9.17) is 21.1 Å². The number of hydrogen-bond acceptors (Lipinski definition) is 12. The van der Waals surface area contributed by atoms with Crippen LogP contribution in [0.4, 0.5) is 30.6 Å². The maximum atomic E-state index is 14.5. The van der Waals surface area contributed by atoms with Crippen molar-refractivity contribution in [2.75, 3.05) is 23.7 Å². The Kier molecular flexibility index (Phi) is 12.9. The first kappa shape index (κ1) is 41.4. The number of carbonyl (C=O) groups excluding carboxylic acids is 1. The summed E-state index contributed by atoms with van der Waals surface area (Å²) >= 11 is 5.82. The molecule has 0 spiro atoms. The molecule has 0 saturated heterocycles. The third-order valence-electron chi connectivity index (χ3n) is 7.11. The molecule has 0 bridgehead atoms.